The lowest BCUT2D eigenvalue weighted by Gasteiger charge is -2.22. The lowest BCUT2D eigenvalue weighted by atomic mass is 9.93. The SMILES string of the molecule is CC(CCN)CN1CCC(C)(C)C1. The third-order valence-corrected chi connectivity index (χ3v) is 2.99. The predicted molar refractivity (Wildman–Crippen MR) is 57.7 cm³/mol. The van der Waals surface area contributed by atoms with Gasteiger partial charge in [-0.25, -0.2) is 0 Å². The van der Waals surface area contributed by atoms with Crippen LogP contribution in [0, 0.1) is 11.3 Å². The zero-order valence-corrected chi connectivity index (χ0v) is 9.34. The van der Waals surface area contributed by atoms with E-state index < -0.39 is 0 Å². The number of rotatable bonds is 4. The first-order chi connectivity index (χ1) is 6.03. The molecule has 0 aromatic carbocycles. The molecule has 2 heteroatoms. The summed E-state index contributed by atoms with van der Waals surface area (Å²) in [5, 5.41) is 0. The van der Waals surface area contributed by atoms with Crippen molar-refractivity contribution in [1.82, 2.24) is 4.90 Å². The molecule has 0 aliphatic carbocycles. The maximum absolute atomic E-state index is 5.54. The fourth-order valence-corrected chi connectivity index (χ4v) is 2.20. The molecule has 0 bridgehead atoms. The molecular weight excluding hydrogens is 160 g/mol. The van der Waals surface area contributed by atoms with Crippen LogP contribution in [0.4, 0.5) is 0 Å². The smallest absolute Gasteiger partial charge is 0.00333 e. The van der Waals surface area contributed by atoms with Gasteiger partial charge in [0.1, 0.15) is 0 Å². The number of nitrogens with zero attached hydrogens (tertiary/aromatic N) is 1. The molecule has 1 heterocycles. The molecule has 2 N–H and O–H groups in total. The molecule has 0 radical (unpaired) electrons. The van der Waals surface area contributed by atoms with E-state index >= 15 is 0 Å². The second-order valence-electron chi connectivity index (χ2n) is 5.33. The van der Waals surface area contributed by atoms with Gasteiger partial charge in [-0.15, -0.1) is 0 Å². The van der Waals surface area contributed by atoms with Crippen molar-refractivity contribution in [2.24, 2.45) is 17.1 Å². The van der Waals surface area contributed by atoms with Gasteiger partial charge in [-0.3, -0.25) is 0 Å². The van der Waals surface area contributed by atoms with Gasteiger partial charge in [-0.1, -0.05) is 20.8 Å². The normalized spacial score (nSPS) is 24.9. The van der Waals surface area contributed by atoms with Gasteiger partial charge in [0.05, 0.1) is 0 Å². The summed E-state index contributed by atoms with van der Waals surface area (Å²) in [6.45, 7) is 11.6. The van der Waals surface area contributed by atoms with Gasteiger partial charge in [0.2, 0.25) is 0 Å². The minimum Gasteiger partial charge on any atom is -0.330 e. The van der Waals surface area contributed by atoms with E-state index in [1.807, 2.05) is 0 Å². The molecule has 13 heavy (non-hydrogen) atoms. The van der Waals surface area contributed by atoms with E-state index in [4.69, 9.17) is 5.73 Å². The Morgan fingerprint density at radius 1 is 1.46 bits per heavy atom. The third-order valence-electron chi connectivity index (χ3n) is 2.99. The number of hydrogen-bond acceptors (Lipinski definition) is 2. The molecule has 0 aromatic heterocycles. The molecule has 1 saturated heterocycles. The van der Waals surface area contributed by atoms with Crippen molar-refractivity contribution < 1.29 is 0 Å². The molecule has 0 amide bonds. The van der Waals surface area contributed by atoms with Crippen LogP contribution >= 0.6 is 0 Å². The summed E-state index contributed by atoms with van der Waals surface area (Å²) in [6, 6.07) is 0. The summed E-state index contributed by atoms with van der Waals surface area (Å²) in [4.78, 5) is 2.58. The van der Waals surface area contributed by atoms with Crippen molar-refractivity contribution in [3.8, 4) is 0 Å². The highest BCUT2D eigenvalue weighted by Gasteiger charge is 2.29. The van der Waals surface area contributed by atoms with Gasteiger partial charge < -0.3 is 10.6 Å². The highest BCUT2D eigenvalue weighted by Crippen LogP contribution is 2.29. The molecule has 1 unspecified atom stereocenters. The summed E-state index contributed by atoms with van der Waals surface area (Å²) in [5.41, 5.74) is 6.08. The van der Waals surface area contributed by atoms with Crippen molar-refractivity contribution in [2.75, 3.05) is 26.2 Å². The zero-order chi connectivity index (χ0) is 9.90. The number of likely N-dealkylation sites (tertiary alicyclic amines) is 1. The van der Waals surface area contributed by atoms with E-state index in [0.717, 1.165) is 18.9 Å². The summed E-state index contributed by atoms with van der Waals surface area (Å²) >= 11 is 0. The standard InChI is InChI=1S/C11H24N2/c1-10(4-6-12)8-13-7-5-11(2,3)9-13/h10H,4-9,12H2,1-3H3. The number of hydrogen-bond donors (Lipinski definition) is 1. The highest BCUT2D eigenvalue weighted by atomic mass is 15.2. The zero-order valence-electron chi connectivity index (χ0n) is 9.34. The van der Waals surface area contributed by atoms with Crippen molar-refractivity contribution in [1.29, 1.82) is 0 Å². The van der Waals surface area contributed by atoms with Crippen LogP contribution < -0.4 is 5.73 Å². The molecule has 1 atom stereocenters. The Labute approximate surface area is 82.5 Å². The Hall–Kier alpha value is -0.0800. The molecule has 0 spiro atoms. The third kappa shape index (κ3) is 3.65. The van der Waals surface area contributed by atoms with Gasteiger partial charge in [-0.2, -0.15) is 0 Å². The molecule has 0 saturated carbocycles. The topological polar surface area (TPSA) is 29.3 Å². The van der Waals surface area contributed by atoms with Crippen molar-refractivity contribution in [2.45, 2.75) is 33.6 Å². The highest BCUT2D eigenvalue weighted by molar-refractivity contribution is 4.83. The van der Waals surface area contributed by atoms with Crippen LogP contribution in [-0.4, -0.2) is 31.1 Å². The van der Waals surface area contributed by atoms with Gasteiger partial charge in [0, 0.05) is 13.1 Å². The summed E-state index contributed by atoms with van der Waals surface area (Å²) in [7, 11) is 0. The molecule has 1 aliphatic rings. The summed E-state index contributed by atoms with van der Waals surface area (Å²) in [5.74, 6) is 0.763. The fourth-order valence-electron chi connectivity index (χ4n) is 2.20. The maximum Gasteiger partial charge on any atom is 0.00333 e. The lowest BCUT2D eigenvalue weighted by molar-refractivity contribution is 0.252. The van der Waals surface area contributed by atoms with Crippen molar-refractivity contribution >= 4 is 0 Å². The minimum atomic E-state index is 0.544. The Morgan fingerprint density at radius 2 is 2.15 bits per heavy atom. The van der Waals surface area contributed by atoms with Crippen molar-refractivity contribution in [3.05, 3.63) is 0 Å². The minimum absolute atomic E-state index is 0.544. The van der Waals surface area contributed by atoms with Gasteiger partial charge in [0.25, 0.3) is 0 Å². The molecule has 0 aromatic rings. The first-order valence-corrected chi connectivity index (χ1v) is 5.46. The summed E-state index contributed by atoms with van der Waals surface area (Å²) < 4.78 is 0. The van der Waals surface area contributed by atoms with E-state index in [1.165, 1.54) is 26.1 Å². The molecule has 1 rings (SSSR count). The van der Waals surface area contributed by atoms with Crippen LogP contribution in [0.15, 0.2) is 0 Å². The van der Waals surface area contributed by atoms with Crippen LogP contribution in [0.25, 0.3) is 0 Å². The Bertz CT molecular complexity index is 154. The van der Waals surface area contributed by atoms with E-state index in [1.54, 1.807) is 0 Å². The Balaban J connectivity index is 2.24. The van der Waals surface area contributed by atoms with E-state index in [2.05, 4.69) is 25.7 Å². The predicted octanol–water partition coefficient (Wildman–Crippen LogP) is 1.70. The van der Waals surface area contributed by atoms with Gasteiger partial charge >= 0.3 is 0 Å². The van der Waals surface area contributed by atoms with E-state index in [-0.39, 0.29) is 0 Å². The largest absolute Gasteiger partial charge is 0.330 e. The van der Waals surface area contributed by atoms with Gasteiger partial charge in [0.15, 0.2) is 0 Å². The molecule has 78 valence electrons. The first-order valence-electron chi connectivity index (χ1n) is 5.46. The quantitative estimate of drug-likeness (QED) is 0.720. The fraction of sp³-hybridized carbons (Fsp3) is 1.00. The van der Waals surface area contributed by atoms with Crippen LogP contribution in [0.3, 0.4) is 0 Å². The van der Waals surface area contributed by atoms with Crippen LogP contribution in [0.1, 0.15) is 33.6 Å². The lowest BCUT2D eigenvalue weighted by Crippen LogP contribution is -2.28. The van der Waals surface area contributed by atoms with E-state index in [0.29, 0.717) is 5.41 Å². The average molecular weight is 184 g/mol. The Kier molecular flexibility index (Phi) is 3.74. The van der Waals surface area contributed by atoms with E-state index in [9.17, 15) is 0 Å². The Morgan fingerprint density at radius 3 is 2.62 bits per heavy atom. The van der Waals surface area contributed by atoms with Crippen LogP contribution in [0.2, 0.25) is 0 Å². The van der Waals surface area contributed by atoms with Crippen LogP contribution in [-0.2, 0) is 0 Å². The van der Waals surface area contributed by atoms with Crippen LogP contribution in [0.5, 0.6) is 0 Å². The number of nitrogens with two attached hydrogens (primary N) is 1. The second-order valence-corrected chi connectivity index (χ2v) is 5.33. The second kappa shape index (κ2) is 4.43. The monoisotopic (exact) mass is 184 g/mol. The summed E-state index contributed by atoms with van der Waals surface area (Å²) in [6.07, 6.45) is 2.51. The molecule has 1 aliphatic heterocycles. The van der Waals surface area contributed by atoms with Gasteiger partial charge in [-0.05, 0) is 37.3 Å². The first kappa shape index (κ1) is 11.0. The molecule has 1 fully saturated rings. The molecule has 2 nitrogen and oxygen atoms in total. The maximum atomic E-state index is 5.54. The van der Waals surface area contributed by atoms with Crippen molar-refractivity contribution in [3.63, 3.8) is 0 Å². The average Bonchev–Trinajstić information content (AvgIpc) is 2.30. The molecular formula is C11H24N2.